The highest BCUT2D eigenvalue weighted by atomic mass is 127. The van der Waals surface area contributed by atoms with E-state index in [4.69, 9.17) is 0 Å². The summed E-state index contributed by atoms with van der Waals surface area (Å²) in [6.07, 6.45) is 7.02. The predicted octanol–water partition coefficient (Wildman–Crippen LogP) is 2.31. The lowest BCUT2D eigenvalue weighted by atomic mass is 9.64. The van der Waals surface area contributed by atoms with Crippen LogP contribution in [0.1, 0.15) is 45.4 Å². The molecule has 6 nitrogen and oxygen atoms in total. The summed E-state index contributed by atoms with van der Waals surface area (Å²) in [4.78, 5) is 4.29. The van der Waals surface area contributed by atoms with E-state index in [1.807, 2.05) is 18.7 Å². The average molecular weight is 420 g/mol. The lowest BCUT2D eigenvalue weighted by Gasteiger charge is -2.43. The summed E-state index contributed by atoms with van der Waals surface area (Å²) in [5.41, 5.74) is 0.469. The van der Waals surface area contributed by atoms with Gasteiger partial charge >= 0.3 is 0 Å². The van der Waals surface area contributed by atoms with Crippen molar-refractivity contribution in [3.8, 4) is 0 Å². The molecule has 2 rings (SSSR count). The Morgan fingerprint density at radius 1 is 1.41 bits per heavy atom. The number of aryl methyl sites for hydroxylation is 1. The summed E-state index contributed by atoms with van der Waals surface area (Å²) in [6.45, 7) is 6.25. The third-order valence-corrected chi connectivity index (χ3v) is 4.33. The number of nitrogens with one attached hydrogen (secondary N) is 2. The van der Waals surface area contributed by atoms with Gasteiger partial charge in [0.2, 0.25) is 0 Å². The number of aliphatic imine (C=N–C) groups is 1. The van der Waals surface area contributed by atoms with Gasteiger partial charge in [-0.25, -0.2) is 0 Å². The molecule has 1 aliphatic rings. The second kappa shape index (κ2) is 8.69. The molecule has 1 aromatic rings. The van der Waals surface area contributed by atoms with Crippen LogP contribution in [0.15, 0.2) is 11.3 Å². The lowest BCUT2D eigenvalue weighted by molar-refractivity contribution is 0.104. The topological polar surface area (TPSA) is 67.1 Å². The maximum absolute atomic E-state index is 4.29. The minimum Gasteiger partial charge on any atom is -0.356 e. The summed E-state index contributed by atoms with van der Waals surface area (Å²) in [7, 11) is 3.75. The first kappa shape index (κ1) is 19.2. The molecule has 1 aromatic heterocycles. The molecule has 0 bridgehead atoms. The van der Waals surface area contributed by atoms with Gasteiger partial charge in [0.25, 0.3) is 0 Å². The first-order valence-corrected chi connectivity index (χ1v) is 7.82. The molecule has 0 aromatic carbocycles. The van der Waals surface area contributed by atoms with Gasteiger partial charge in [0.05, 0.1) is 6.54 Å². The Morgan fingerprint density at radius 2 is 2.14 bits per heavy atom. The molecule has 0 unspecified atom stereocenters. The van der Waals surface area contributed by atoms with Crippen LogP contribution in [0.3, 0.4) is 0 Å². The van der Waals surface area contributed by atoms with Crippen LogP contribution in [0, 0.1) is 11.3 Å². The summed E-state index contributed by atoms with van der Waals surface area (Å²) in [6, 6.07) is 0. The normalized spacial score (nSPS) is 16.9. The summed E-state index contributed by atoms with van der Waals surface area (Å²) in [5, 5.41) is 14.7. The van der Waals surface area contributed by atoms with E-state index in [1.165, 1.54) is 25.7 Å². The van der Waals surface area contributed by atoms with Crippen molar-refractivity contribution in [1.82, 2.24) is 25.4 Å². The molecule has 22 heavy (non-hydrogen) atoms. The summed E-state index contributed by atoms with van der Waals surface area (Å²) in [5.74, 6) is 2.49. The number of rotatable bonds is 6. The van der Waals surface area contributed by atoms with Crippen molar-refractivity contribution in [2.75, 3.05) is 13.6 Å². The Morgan fingerprint density at radius 3 is 2.59 bits per heavy atom. The maximum Gasteiger partial charge on any atom is 0.191 e. The Hall–Kier alpha value is -0.860. The van der Waals surface area contributed by atoms with Gasteiger partial charge < -0.3 is 15.2 Å². The Balaban J connectivity index is 0.00000242. The standard InChI is InChI=1S/C15H28N6.HI/c1-12(2)8-15(6-5-7-15)10-18-14(16-3)17-9-13-20-19-11-21(13)4;/h11-12H,5-10H2,1-4H3,(H2,16,17,18);1H. The predicted molar refractivity (Wildman–Crippen MR) is 100 cm³/mol. The van der Waals surface area contributed by atoms with Crippen LogP contribution in [0.25, 0.3) is 0 Å². The average Bonchev–Trinajstić information content (AvgIpc) is 2.80. The molecule has 0 radical (unpaired) electrons. The van der Waals surface area contributed by atoms with Crippen LogP contribution >= 0.6 is 24.0 Å². The highest BCUT2D eigenvalue weighted by Crippen LogP contribution is 2.45. The number of halogens is 1. The molecule has 1 fully saturated rings. The zero-order valence-corrected chi connectivity index (χ0v) is 16.4. The van der Waals surface area contributed by atoms with Crippen molar-refractivity contribution in [1.29, 1.82) is 0 Å². The van der Waals surface area contributed by atoms with E-state index in [2.05, 4.69) is 39.7 Å². The van der Waals surface area contributed by atoms with E-state index in [-0.39, 0.29) is 24.0 Å². The molecule has 1 aliphatic carbocycles. The molecular weight excluding hydrogens is 391 g/mol. The van der Waals surface area contributed by atoms with E-state index in [0.717, 1.165) is 24.2 Å². The van der Waals surface area contributed by atoms with Crippen LogP contribution in [-0.2, 0) is 13.6 Å². The van der Waals surface area contributed by atoms with Crippen molar-refractivity contribution in [3.63, 3.8) is 0 Å². The highest BCUT2D eigenvalue weighted by molar-refractivity contribution is 14.0. The number of hydrogen-bond acceptors (Lipinski definition) is 3. The van der Waals surface area contributed by atoms with E-state index >= 15 is 0 Å². The van der Waals surface area contributed by atoms with Gasteiger partial charge in [-0.2, -0.15) is 0 Å². The number of nitrogens with zero attached hydrogens (tertiary/aromatic N) is 4. The zero-order chi connectivity index (χ0) is 15.3. The fourth-order valence-electron chi connectivity index (χ4n) is 3.12. The Kier molecular flexibility index (Phi) is 7.58. The van der Waals surface area contributed by atoms with Crippen molar-refractivity contribution in [2.24, 2.45) is 23.4 Å². The lowest BCUT2D eigenvalue weighted by Crippen LogP contribution is -2.46. The zero-order valence-electron chi connectivity index (χ0n) is 14.1. The monoisotopic (exact) mass is 420 g/mol. The van der Waals surface area contributed by atoms with Gasteiger partial charge in [-0.15, -0.1) is 34.2 Å². The van der Waals surface area contributed by atoms with Gasteiger partial charge in [-0.05, 0) is 30.6 Å². The fraction of sp³-hybridized carbons (Fsp3) is 0.800. The van der Waals surface area contributed by atoms with E-state index < -0.39 is 0 Å². The number of aromatic nitrogens is 3. The minimum absolute atomic E-state index is 0. The second-order valence-corrected chi connectivity index (χ2v) is 6.59. The largest absolute Gasteiger partial charge is 0.356 e. The van der Waals surface area contributed by atoms with Crippen LogP contribution in [-0.4, -0.2) is 34.3 Å². The van der Waals surface area contributed by atoms with Gasteiger partial charge in [0.15, 0.2) is 11.8 Å². The highest BCUT2D eigenvalue weighted by Gasteiger charge is 2.37. The molecule has 1 heterocycles. The first-order chi connectivity index (χ1) is 10.0. The second-order valence-electron chi connectivity index (χ2n) is 6.59. The minimum atomic E-state index is 0. The molecule has 0 aliphatic heterocycles. The van der Waals surface area contributed by atoms with Gasteiger partial charge in [0, 0.05) is 20.6 Å². The van der Waals surface area contributed by atoms with E-state index in [0.29, 0.717) is 12.0 Å². The van der Waals surface area contributed by atoms with Crippen molar-refractivity contribution >= 4 is 29.9 Å². The Labute approximate surface area is 150 Å². The van der Waals surface area contributed by atoms with Gasteiger partial charge in [-0.3, -0.25) is 4.99 Å². The fourth-order valence-corrected chi connectivity index (χ4v) is 3.12. The molecule has 0 spiro atoms. The third kappa shape index (κ3) is 5.10. The molecule has 2 N–H and O–H groups in total. The molecule has 7 heteroatoms. The van der Waals surface area contributed by atoms with Crippen molar-refractivity contribution in [3.05, 3.63) is 12.2 Å². The third-order valence-electron chi connectivity index (χ3n) is 4.33. The molecule has 0 saturated heterocycles. The van der Waals surface area contributed by atoms with Crippen LogP contribution in [0.4, 0.5) is 0 Å². The van der Waals surface area contributed by atoms with E-state index in [9.17, 15) is 0 Å². The number of hydrogen-bond donors (Lipinski definition) is 2. The summed E-state index contributed by atoms with van der Waals surface area (Å²) < 4.78 is 1.91. The first-order valence-electron chi connectivity index (χ1n) is 7.82. The van der Waals surface area contributed by atoms with Gasteiger partial charge in [0.1, 0.15) is 6.33 Å². The van der Waals surface area contributed by atoms with Crippen molar-refractivity contribution < 1.29 is 0 Å². The molecule has 1 saturated carbocycles. The van der Waals surface area contributed by atoms with Crippen LogP contribution < -0.4 is 10.6 Å². The summed E-state index contributed by atoms with van der Waals surface area (Å²) >= 11 is 0. The van der Waals surface area contributed by atoms with Crippen molar-refractivity contribution in [2.45, 2.75) is 46.1 Å². The Bertz CT molecular complexity index is 478. The molecule has 0 amide bonds. The molecule has 126 valence electrons. The SMILES string of the molecule is CN=C(NCc1nncn1C)NCC1(CC(C)C)CCC1.I. The van der Waals surface area contributed by atoms with Crippen LogP contribution in [0.2, 0.25) is 0 Å². The maximum atomic E-state index is 4.29. The number of guanidine groups is 1. The molecule has 0 atom stereocenters. The van der Waals surface area contributed by atoms with Gasteiger partial charge in [-0.1, -0.05) is 20.3 Å². The van der Waals surface area contributed by atoms with E-state index in [1.54, 1.807) is 6.33 Å². The molecular formula is C15H29IN6. The smallest absolute Gasteiger partial charge is 0.191 e. The van der Waals surface area contributed by atoms with Crippen LogP contribution in [0.5, 0.6) is 0 Å². The quantitative estimate of drug-likeness (QED) is 0.421.